The molecule has 1 N–H and O–H groups in total. The Kier molecular flexibility index (Phi) is 6.41. The number of hydrogen-bond donors (Lipinski definition) is 1. The number of benzene rings is 1. The van der Waals surface area contributed by atoms with E-state index in [-0.39, 0.29) is 17.5 Å². The Labute approximate surface area is 172 Å². The normalized spacial score (nSPS) is 12.6. The van der Waals surface area contributed by atoms with Crippen molar-refractivity contribution in [2.24, 2.45) is 0 Å². The standard InChI is InChI=1S/C14H7Cl6N3O2/c15-13(16,17)11-21-10(22-12(23-11)14(18,19)20)8-3-1-2-7(6-8)4-5-9(24)25/h1-6H,(H,24,25). The Bertz CT molecular complexity index is 798. The van der Waals surface area contributed by atoms with Crippen LogP contribution in [-0.4, -0.2) is 26.0 Å². The van der Waals surface area contributed by atoms with Gasteiger partial charge in [0.25, 0.3) is 0 Å². The van der Waals surface area contributed by atoms with Gasteiger partial charge in [0, 0.05) is 11.6 Å². The van der Waals surface area contributed by atoms with Crippen LogP contribution in [0.3, 0.4) is 0 Å². The van der Waals surface area contributed by atoms with Crippen LogP contribution in [0.1, 0.15) is 17.2 Å². The van der Waals surface area contributed by atoms with Crippen LogP contribution < -0.4 is 0 Å². The summed E-state index contributed by atoms with van der Waals surface area (Å²) in [4.78, 5) is 22.7. The molecule has 1 heterocycles. The Balaban J connectivity index is 2.58. The van der Waals surface area contributed by atoms with Crippen LogP contribution in [0.2, 0.25) is 0 Å². The van der Waals surface area contributed by atoms with E-state index in [0.717, 1.165) is 6.08 Å². The number of alkyl halides is 6. The zero-order chi connectivity index (χ0) is 18.8. The molecule has 0 aliphatic heterocycles. The van der Waals surface area contributed by atoms with Gasteiger partial charge in [0.1, 0.15) is 0 Å². The lowest BCUT2D eigenvalue weighted by atomic mass is 10.1. The van der Waals surface area contributed by atoms with Crippen molar-refractivity contribution in [3.8, 4) is 11.4 Å². The van der Waals surface area contributed by atoms with Gasteiger partial charge in [0.15, 0.2) is 17.5 Å². The van der Waals surface area contributed by atoms with E-state index in [4.69, 9.17) is 74.7 Å². The van der Waals surface area contributed by atoms with Crippen molar-refractivity contribution in [1.82, 2.24) is 15.0 Å². The molecule has 2 rings (SSSR count). The van der Waals surface area contributed by atoms with Gasteiger partial charge < -0.3 is 5.11 Å². The number of carboxylic acid groups (broad SMARTS) is 1. The van der Waals surface area contributed by atoms with Crippen molar-refractivity contribution < 1.29 is 9.90 Å². The van der Waals surface area contributed by atoms with Gasteiger partial charge in [-0.2, -0.15) is 0 Å². The van der Waals surface area contributed by atoms with Gasteiger partial charge in [0.2, 0.25) is 7.59 Å². The van der Waals surface area contributed by atoms with Crippen LogP contribution in [0.15, 0.2) is 30.3 Å². The molecule has 0 bridgehead atoms. The highest BCUT2D eigenvalue weighted by Gasteiger charge is 2.34. The van der Waals surface area contributed by atoms with Crippen LogP contribution in [0, 0.1) is 0 Å². The van der Waals surface area contributed by atoms with Crippen molar-refractivity contribution in [3.05, 3.63) is 47.6 Å². The van der Waals surface area contributed by atoms with E-state index >= 15 is 0 Å². The van der Waals surface area contributed by atoms with Gasteiger partial charge in [-0.25, -0.2) is 19.7 Å². The van der Waals surface area contributed by atoms with E-state index in [1.54, 1.807) is 24.3 Å². The second-order valence-corrected chi connectivity index (χ2v) is 9.16. The number of rotatable bonds is 3. The SMILES string of the molecule is O=C(O)C=Cc1cccc(-c2nc(C(Cl)(Cl)Cl)nc(C(Cl)(Cl)Cl)n2)c1. The fourth-order valence-electron chi connectivity index (χ4n) is 1.71. The van der Waals surface area contributed by atoms with E-state index in [0.29, 0.717) is 11.1 Å². The van der Waals surface area contributed by atoms with Crippen LogP contribution in [-0.2, 0) is 12.4 Å². The van der Waals surface area contributed by atoms with Gasteiger partial charge in [-0.05, 0) is 17.7 Å². The number of carbonyl (C=O) groups is 1. The maximum Gasteiger partial charge on any atom is 0.328 e. The van der Waals surface area contributed by atoms with Crippen molar-refractivity contribution in [2.75, 3.05) is 0 Å². The summed E-state index contributed by atoms with van der Waals surface area (Å²) in [7, 11) is 0. The highest BCUT2D eigenvalue weighted by molar-refractivity contribution is 6.67. The highest BCUT2D eigenvalue weighted by Crippen LogP contribution is 2.40. The highest BCUT2D eigenvalue weighted by atomic mass is 35.6. The van der Waals surface area contributed by atoms with E-state index in [1.165, 1.54) is 6.08 Å². The summed E-state index contributed by atoms with van der Waals surface area (Å²) in [5, 5.41) is 8.71. The first-order chi connectivity index (χ1) is 11.5. The molecule has 0 radical (unpaired) electrons. The second kappa shape index (κ2) is 7.82. The minimum absolute atomic E-state index is 0.100. The summed E-state index contributed by atoms with van der Waals surface area (Å²) >= 11 is 35.0. The Morgan fingerprint density at radius 1 is 0.960 bits per heavy atom. The maximum atomic E-state index is 10.6. The summed E-state index contributed by atoms with van der Waals surface area (Å²) < 4.78 is -3.91. The van der Waals surface area contributed by atoms with Crippen molar-refractivity contribution in [1.29, 1.82) is 0 Å². The molecule has 11 heteroatoms. The molecule has 0 aliphatic carbocycles. The average molecular weight is 462 g/mol. The number of aliphatic carboxylic acids is 1. The molecule has 2 aromatic rings. The molecule has 0 unspecified atom stereocenters. The molecule has 0 amide bonds. The van der Waals surface area contributed by atoms with Gasteiger partial charge in [-0.3, -0.25) is 0 Å². The molecular formula is C14H7Cl6N3O2. The van der Waals surface area contributed by atoms with Crippen LogP contribution in [0.5, 0.6) is 0 Å². The molecule has 0 saturated heterocycles. The first-order valence-corrected chi connectivity index (χ1v) is 8.65. The van der Waals surface area contributed by atoms with Crippen LogP contribution >= 0.6 is 69.6 Å². The first kappa shape index (κ1) is 20.5. The van der Waals surface area contributed by atoms with E-state index in [9.17, 15) is 4.79 Å². The van der Waals surface area contributed by atoms with E-state index < -0.39 is 13.6 Å². The summed E-state index contributed by atoms with van der Waals surface area (Å²) in [6.45, 7) is 0. The largest absolute Gasteiger partial charge is 0.478 e. The smallest absolute Gasteiger partial charge is 0.328 e. The molecule has 0 aliphatic rings. The van der Waals surface area contributed by atoms with Crippen LogP contribution in [0.25, 0.3) is 17.5 Å². The lowest BCUT2D eigenvalue weighted by Crippen LogP contribution is -2.16. The Morgan fingerprint density at radius 3 is 2.00 bits per heavy atom. The Hall–Kier alpha value is -0.820. The third-order valence-electron chi connectivity index (χ3n) is 2.71. The molecule has 0 spiro atoms. The predicted molar refractivity (Wildman–Crippen MR) is 100 cm³/mol. The molecular weight excluding hydrogens is 455 g/mol. The van der Waals surface area contributed by atoms with Gasteiger partial charge in [-0.15, -0.1) is 0 Å². The average Bonchev–Trinajstić information content (AvgIpc) is 2.51. The minimum atomic E-state index is -1.96. The topological polar surface area (TPSA) is 76.0 Å². The fraction of sp³-hybridized carbons (Fsp3) is 0.143. The molecule has 132 valence electrons. The summed E-state index contributed by atoms with van der Waals surface area (Å²) in [6.07, 6.45) is 2.39. The molecule has 0 fully saturated rings. The summed E-state index contributed by atoms with van der Waals surface area (Å²) in [5.41, 5.74) is 1.08. The monoisotopic (exact) mass is 459 g/mol. The molecule has 1 aromatic heterocycles. The molecule has 0 saturated carbocycles. The number of carboxylic acids is 1. The number of halogens is 6. The molecule has 25 heavy (non-hydrogen) atoms. The maximum absolute atomic E-state index is 10.6. The zero-order valence-corrected chi connectivity index (χ0v) is 16.5. The molecule has 0 atom stereocenters. The van der Waals surface area contributed by atoms with Gasteiger partial charge in [0.05, 0.1) is 0 Å². The number of nitrogens with zero attached hydrogens (tertiary/aromatic N) is 3. The van der Waals surface area contributed by atoms with Gasteiger partial charge in [-0.1, -0.05) is 87.8 Å². The Morgan fingerprint density at radius 2 is 1.52 bits per heavy atom. The zero-order valence-electron chi connectivity index (χ0n) is 11.9. The van der Waals surface area contributed by atoms with E-state index in [1.807, 2.05) is 0 Å². The quantitative estimate of drug-likeness (QED) is 0.496. The lowest BCUT2D eigenvalue weighted by Gasteiger charge is -2.15. The third-order valence-corrected chi connectivity index (χ3v) is 3.72. The van der Waals surface area contributed by atoms with Crippen molar-refractivity contribution in [3.63, 3.8) is 0 Å². The van der Waals surface area contributed by atoms with Crippen molar-refractivity contribution >= 4 is 81.7 Å². The van der Waals surface area contributed by atoms with Crippen molar-refractivity contribution in [2.45, 2.75) is 7.59 Å². The summed E-state index contributed by atoms with van der Waals surface area (Å²) in [6, 6.07) is 6.65. The summed E-state index contributed by atoms with van der Waals surface area (Å²) in [5.74, 6) is -1.41. The fourth-order valence-corrected chi connectivity index (χ4v) is 2.21. The molecule has 5 nitrogen and oxygen atoms in total. The first-order valence-electron chi connectivity index (χ1n) is 6.39. The third kappa shape index (κ3) is 5.84. The number of aromatic nitrogens is 3. The molecule has 1 aromatic carbocycles. The minimum Gasteiger partial charge on any atom is -0.478 e. The van der Waals surface area contributed by atoms with Gasteiger partial charge >= 0.3 is 5.97 Å². The number of hydrogen-bond acceptors (Lipinski definition) is 4. The predicted octanol–water partition coefficient (Wildman–Crippen LogP) is 5.29. The van der Waals surface area contributed by atoms with E-state index in [2.05, 4.69) is 15.0 Å². The van der Waals surface area contributed by atoms with Crippen LogP contribution in [0.4, 0.5) is 0 Å². The lowest BCUT2D eigenvalue weighted by molar-refractivity contribution is -0.131. The second-order valence-electron chi connectivity index (χ2n) is 4.60.